The van der Waals surface area contributed by atoms with Crippen molar-refractivity contribution in [2.75, 3.05) is 26.2 Å². The van der Waals surface area contributed by atoms with Crippen LogP contribution in [0.1, 0.15) is 95.8 Å². The number of hydrogen-bond donors (Lipinski definition) is 3. The largest absolute Gasteiger partial charge is 0.356 e. The minimum Gasteiger partial charge on any atom is -0.356 e. The van der Waals surface area contributed by atoms with Gasteiger partial charge in [-0.1, -0.05) is 13.8 Å². The van der Waals surface area contributed by atoms with Gasteiger partial charge in [0.25, 0.3) is 0 Å². The predicted molar refractivity (Wildman–Crippen MR) is 156 cm³/mol. The van der Waals surface area contributed by atoms with E-state index in [1.807, 2.05) is 0 Å². The van der Waals surface area contributed by atoms with E-state index in [1.165, 1.54) is 13.1 Å². The SMILES string of the molecule is CCNC(=O)CCC(=O)[C@H](CCCCN(CC)CC)NC(=O)CCC(=O)[C@H](C)NC(=O)CCC(=O)c1cccnc1. The number of nitrogens with one attached hydrogen (secondary N) is 3. The zero-order valence-electron chi connectivity index (χ0n) is 25.0. The highest BCUT2D eigenvalue weighted by molar-refractivity contribution is 5.98. The van der Waals surface area contributed by atoms with Crippen molar-refractivity contribution in [2.45, 2.75) is 97.6 Å². The third kappa shape index (κ3) is 15.2. The van der Waals surface area contributed by atoms with Gasteiger partial charge in [0.15, 0.2) is 17.3 Å². The molecule has 0 aliphatic heterocycles. The van der Waals surface area contributed by atoms with E-state index >= 15 is 0 Å². The number of Topliss-reactive ketones (excluding diaryl/α,β-unsaturated/α-hetero) is 3. The van der Waals surface area contributed by atoms with E-state index in [2.05, 4.69) is 39.7 Å². The Morgan fingerprint density at radius 3 is 2.07 bits per heavy atom. The summed E-state index contributed by atoms with van der Waals surface area (Å²) in [5.41, 5.74) is 0.417. The minimum absolute atomic E-state index is 0.00865. The van der Waals surface area contributed by atoms with Gasteiger partial charge in [0.1, 0.15) is 0 Å². The number of ketones is 3. The first-order valence-electron chi connectivity index (χ1n) is 14.7. The molecule has 0 bridgehead atoms. The van der Waals surface area contributed by atoms with E-state index < -0.39 is 23.9 Å². The Hall–Kier alpha value is -3.47. The summed E-state index contributed by atoms with van der Waals surface area (Å²) in [4.78, 5) is 80.4. The molecule has 41 heavy (non-hydrogen) atoms. The van der Waals surface area contributed by atoms with Crippen LogP contribution in [0.4, 0.5) is 0 Å². The molecule has 1 aromatic rings. The molecule has 0 saturated heterocycles. The van der Waals surface area contributed by atoms with E-state index in [9.17, 15) is 28.8 Å². The van der Waals surface area contributed by atoms with E-state index in [0.29, 0.717) is 18.5 Å². The number of amides is 3. The second kappa shape index (κ2) is 20.4. The fourth-order valence-corrected chi connectivity index (χ4v) is 4.25. The lowest BCUT2D eigenvalue weighted by atomic mass is 10.0. The molecule has 0 radical (unpaired) electrons. The fourth-order valence-electron chi connectivity index (χ4n) is 4.25. The monoisotopic (exact) mass is 573 g/mol. The Balaban J connectivity index is 2.54. The standard InChI is InChI=1S/C30H47N5O6/c1-5-32-28(39)16-15-27(38)24(12-8-9-20-35(6-2)7-3)34-30(41)17-13-25(36)22(4)33-29(40)18-14-26(37)23-11-10-19-31-21-23/h10-11,19,21-22,24H,5-9,12-18,20H2,1-4H3,(H,32,39)(H,33,40)(H,34,41)/t22-,24-/m0/s1. The normalized spacial score (nSPS) is 12.3. The molecule has 0 aliphatic carbocycles. The summed E-state index contributed by atoms with van der Waals surface area (Å²) in [6.45, 7) is 10.8. The third-order valence-electron chi connectivity index (χ3n) is 6.83. The number of aromatic nitrogens is 1. The van der Waals surface area contributed by atoms with Gasteiger partial charge in [-0.15, -0.1) is 0 Å². The maximum Gasteiger partial charge on any atom is 0.221 e. The van der Waals surface area contributed by atoms with Crippen LogP contribution in [0.2, 0.25) is 0 Å². The Morgan fingerprint density at radius 1 is 0.805 bits per heavy atom. The number of nitrogens with zero attached hydrogens (tertiary/aromatic N) is 2. The summed E-state index contributed by atoms with van der Waals surface area (Å²) in [6, 6.07) is 1.72. The van der Waals surface area contributed by atoms with Crippen molar-refractivity contribution in [1.29, 1.82) is 0 Å². The highest BCUT2D eigenvalue weighted by Crippen LogP contribution is 2.09. The molecule has 2 atom stereocenters. The first kappa shape index (κ1) is 35.6. The van der Waals surface area contributed by atoms with Gasteiger partial charge in [0, 0.05) is 63.0 Å². The van der Waals surface area contributed by atoms with Crippen LogP contribution < -0.4 is 16.0 Å². The Bertz CT molecular complexity index is 996. The van der Waals surface area contributed by atoms with Crippen LogP contribution >= 0.6 is 0 Å². The summed E-state index contributed by atoms with van der Waals surface area (Å²) >= 11 is 0. The van der Waals surface area contributed by atoms with E-state index in [-0.39, 0.29) is 61.8 Å². The van der Waals surface area contributed by atoms with Gasteiger partial charge in [-0.2, -0.15) is 0 Å². The predicted octanol–water partition coefficient (Wildman–Crippen LogP) is 2.38. The van der Waals surface area contributed by atoms with Crippen molar-refractivity contribution in [3.05, 3.63) is 30.1 Å². The second-order valence-electron chi connectivity index (χ2n) is 9.98. The lowest BCUT2D eigenvalue weighted by Gasteiger charge is -2.20. The second-order valence-corrected chi connectivity index (χ2v) is 9.98. The van der Waals surface area contributed by atoms with E-state index in [1.54, 1.807) is 25.3 Å². The lowest BCUT2D eigenvalue weighted by Crippen LogP contribution is -2.42. The van der Waals surface area contributed by atoms with Crippen molar-refractivity contribution < 1.29 is 28.8 Å². The van der Waals surface area contributed by atoms with Crippen molar-refractivity contribution >= 4 is 35.1 Å². The summed E-state index contributed by atoms with van der Waals surface area (Å²) in [5, 5.41) is 8.00. The maximum atomic E-state index is 12.8. The topological polar surface area (TPSA) is 155 Å². The van der Waals surface area contributed by atoms with Crippen LogP contribution in [-0.2, 0) is 24.0 Å². The number of carbonyl (C=O) groups is 6. The van der Waals surface area contributed by atoms with Crippen molar-refractivity contribution in [3.63, 3.8) is 0 Å². The first-order valence-corrected chi connectivity index (χ1v) is 14.7. The smallest absolute Gasteiger partial charge is 0.221 e. The zero-order valence-corrected chi connectivity index (χ0v) is 25.0. The molecule has 1 aromatic heterocycles. The number of pyridine rings is 1. The molecular weight excluding hydrogens is 526 g/mol. The van der Waals surface area contributed by atoms with Gasteiger partial charge in [0.2, 0.25) is 17.7 Å². The van der Waals surface area contributed by atoms with Crippen molar-refractivity contribution in [3.8, 4) is 0 Å². The molecule has 11 nitrogen and oxygen atoms in total. The van der Waals surface area contributed by atoms with Gasteiger partial charge in [-0.3, -0.25) is 33.8 Å². The van der Waals surface area contributed by atoms with Crippen molar-refractivity contribution in [1.82, 2.24) is 25.8 Å². The molecule has 0 aromatic carbocycles. The van der Waals surface area contributed by atoms with Crippen LogP contribution in [0.25, 0.3) is 0 Å². The highest BCUT2D eigenvalue weighted by atomic mass is 16.2. The van der Waals surface area contributed by atoms with E-state index in [0.717, 1.165) is 32.5 Å². The Labute approximate surface area is 243 Å². The molecule has 1 rings (SSSR count). The van der Waals surface area contributed by atoms with Gasteiger partial charge < -0.3 is 20.9 Å². The average Bonchev–Trinajstić information content (AvgIpc) is 2.97. The van der Waals surface area contributed by atoms with E-state index in [4.69, 9.17) is 0 Å². The molecule has 0 fully saturated rings. The van der Waals surface area contributed by atoms with Crippen LogP contribution in [0.3, 0.4) is 0 Å². The van der Waals surface area contributed by atoms with Crippen molar-refractivity contribution in [2.24, 2.45) is 0 Å². The molecule has 11 heteroatoms. The number of carbonyl (C=O) groups excluding carboxylic acids is 6. The molecule has 228 valence electrons. The maximum absolute atomic E-state index is 12.8. The van der Waals surface area contributed by atoms with Gasteiger partial charge in [0.05, 0.1) is 12.1 Å². The summed E-state index contributed by atoms with van der Waals surface area (Å²) < 4.78 is 0. The summed E-state index contributed by atoms with van der Waals surface area (Å²) in [7, 11) is 0. The fraction of sp³-hybridized carbons (Fsp3) is 0.633. The summed E-state index contributed by atoms with van der Waals surface area (Å²) in [5.74, 6) is -1.83. The number of rotatable bonds is 22. The Kier molecular flexibility index (Phi) is 17.7. The molecular formula is C30H47N5O6. The minimum atomic E-state index is -0.821. The molecule has 3 amide bonds. The lowest BCUT2D eigenvalue weighted by molar-refractivity contribution is -0.131. The van der Waals surface area contributed by atoms with Crippen LogP contribution in [0, 0.1) is 0 Å². The highest BCUT2D eigenvalue weighted by Gasteiger charge is 2.23. The molecule has 1 heterocycles. The quantitative estimate of drug-likeness (QED) is 0.141. The molecule has 0 saturated carbocycles. The van der Waals surface area contributed by atoms with Gasteiger partial charge in [-0.05, 0) is 64.9 Å². The number of unbranched alkanes of at least 4 members (excludes halogenated alkanes) is 1. The molecule has 3 N–H and O–H groups in total. The van der Waals surface area contributed by atoms with Crippen LogP contribution in [-0.4, -0.2) is 83.2 Å². The first-order chi connectivity index (χ1) is 19.6. The zero-order chi connectivity index (χ0) is 30.6. The average molecular weight is 574 g/mol. The van der Waals surface area contributed by atoms with Gasteiger partial charge in [-0.25, -0.2) is 0 Å². The van der Waals surface area contributed by atoms with Crippen LogP contribution in [0.15, 0.2) is 24.5 Å². The molecule has 0 spiro atoms. The molecule has 0 aliphatic rings. The Morgan fingerprint density at radius 2 is 1.44 bits per heavy atom. The van der Waals surface area contributed by atoms with Gasteiger partial charge >= 0.3 is 0 Å². The number of hydrogen-bond acceptors (Lipinski definition) is 8. The molecule has 0 unspecified atom stereocenters. The van der Waals surface area contributed by atoms with Crippen LogP contribution in [0.5, 0.6) is 0 Å². The summed E-state index contributed by atoms with van der Waals surface area (Å²) in [6.07, 6.45) is 4.83. The third-order valence-corrected chi connectivity index (χ3v) is 6.83.